The third-order valence-corrected chi connectivity index (χ3v) is 6.73. The third-order valence-electron chi connectivity index (χ3n) is 6.73. The highest BCUT2D eigenvalue weighted by molar-refractivity contribution is 5.85. The molecule has 2 rings (SSSR count). The molecule has 0 radical (unpaired) electrons. The Hall–Kier alpha value is -1.30. The first-order valence-corrected chi connectivity index (χ1v) is 10.4. The molecular formula is C21H38N2O4. The molecule has 0 aromatic rings. The smallest absolute Gasteiger partial charge is 0.411 e. The monoisotopic (exact) mass is 382 g/mol. The van der Waals surface area contributed by atoms with E-state index in [1.807, 2.05) is 0 Å². The van der Waals surface area contributed by atoms with E-state index in [1.165, 1.54) is 30.6 Å². The van der Waals surface area contributed by atoms with Crippen LogP contribution in [0.3, 0.4) is 0 Å². The lowest BCUT2D eigenvalue weighted by Crippen LogP contribution is -2.52. The second-order valence-electron chi connectivity index (χ2n) is 9.72. The largest absolute Gasteiger partial charge is 0.480 e. The van der Waals surface area contributed by atoms with Gasteiger partial charge in [0.15, 0.2) is 0 Å². The summed E-state index contributed by atoms with van der Waals surface area (Å²) in [5.41, 5.74) is -1.40. The Morgan fingerprint density at radius 3 is 2.15 bits per heavy atom. The van der Waals surface area contributed by atoms with Crippen molar-refractivity contribution in [3.05, 3.63) is 0 Å². The van der Waals surface area contributed by atoms with Crippen molar-refractivity contribution in [2.24, 2.45) is 5.41 Å². The standard InChI is InChI=1S/C21H38N2O4/c1-7-21(8-2)11-9-15(10-12-21)22-16-13-20(6,17(24)25)23(14-16)18(26)27-19(3,4)5/h15-16,22H,7-14H2,1-6H3,(H,24,25)/t16-,20-/m0/s1. The first-order chi connectivity index (χ1) is 12.4. The number of carboxylic acid groups (broad SMARTS) is 1. The fraction of sp³-hybridized carbons (Fsp3) is 0.905. The van der Waals surface area contributed by atoms with Crippen molar-refractivity contribution in [2.75, 3.05) is 6.54 Å². The highest BCUT2D eigenvalue weighted by Crippen LogP contribution is 2.42. The number of nitrogens with zero attached hydrogens (tertiary/aromatic N) is 1. The SMILES string of the molecule is CCC1(CC)CCC(N[C@@H]2CN(C(=O)OC(C)(C)C)[C@](C)(C(=O)O)C2)CC1. The number of aliphatic carboxylic acids is 1. The van der Waals surface area contributed by atoms with Crippen molar-refractivity contribution >= 4 is 12.1 Å². The Morgan fingerprint density at radius 1 is 1.15 bits per heavy atom. The fourth-order valence-corrected chi connectivity index (χ4v) is 4.67. The van der Waals surface area contributed by atoms with E-state index in [4.69, 9.17) is 4.74 Å². The number of rotatable bonds is 5. The lowest BCUT2D eigenvalue weighted by Gasteiger charge is -2.40. The van der Waals surface area contributed by atoms with Gasteiger partial charge in [0.25, 0.3) is 0 Å². The first kappa shape index (κ1) is 22.0. The zero-order valence-electron chi connectivity index (χ0n) is 17.9. The second-order valence-corrected chi connectivity index (χ2v) is 9.72. The van der Waals surface area contributed by atoms with E-state index >= 15 is 0 Å². The van der Waals surface area contributed by atoms with Crippen LogP contribution in [0.5, 0.6) is 0 Å². The molecule has 2 aliphatic rings. The Morgan fingerprint density at radius 2 is 1.70 bits per heavy atom. The van der Waals surface area contributed by atoms with Crippen molar-refractivity contribution in [1.82, 2.24) is 10.2 Å². The van der Waals surface area contributed by atoms with E-state index in [2.05, 4.69) is 19.2 Å². The second kappa shape index (κ2) is 7.98. The minimum atomic E-state index is -1.23. The summed E-state index contributed by atoms with van der Waals surface area (Å²) in [6, 6.07) is 0.386. The first-order valence-electron chi connectivity index (χ1n) is 10.4. The lowest BCUT2D eigenvalue weighted by molar-refractivity contribution is -0.148. The normalized spacial score (nSPS) is 29.0. The van der Waals surface area contributed by atoms with Gasteiger partial charge in [0.2, 0.25) is 0 Å². The Bertz CT molecular complexity index is 543. The molecule has 1 aliphatic heterocycles. The van der Waals surface area contributed by atoms with E-state index < -0.39 is 23.2 Å². The molecule has 0 aromatic carbocycles. The van der Waals surface area contributed by atoms with Gasteiger partial charge in [-0.15, -0.1) is 0 Å². The van der Waals surface area contributed by atoms with Crippen LogP contribution in [0, 0.1) is 5.41 Å². The molecule has 1 amide bonds. The van der Waals surface area contributed by atoms with Crippen LogP contribution in [0.4, 0.5) is 4.79 Å². The molecule has 27 heavy (non-hydrogen) atoms. The van der Waals surface area contributed by atoms with Gasteiger partial charge >= 0.3 is 12.1 Å². The van der Waals surface area contributed by atoms with Gasteiger partial charge in [-0.25, -0.2) is 9.59 Å². The summed E-state index contributed by atoms with van der Waals surface area (Å²) in [5.74, 6) is -0.975. The summed E-state index contributed by atoms with van der Waals surface area (Å²) >= 11 is 0. The van der Waals surface area contributed by atoms with Crippen molar-refractivity contribution in [1.29, 1.82) is 0 Å². The molecule has 0 bridgehead atoms. The average Bonchev–Trinajstić information content (AvgIpc) is 2.92. The zero-order valence-corrected chi connectivity index (χ0v) is 17.9. The van der Waals surface area contributed by atoms with Gasteiger partial charge in [0, 0.05) is 18.6 Å². The van der Waals surface area contributed by atoms with Gasteiger partial charge in [0.05, 0.1) is 0 Å². The summed E-state index contributed by atoms with van der Waals surface area (Å²) in [4.78, 5) is 25.9. The van der Waals surface area contributed by atoms with Crippen LogP contribution in [0.1, 0.15) is 86.5 Å². The van der Waals surface area contributed by atoms with Crippen molar-refractivity contribution in [3.8, 4) is 0 Å². The van der Waals surface area contributed by atoms with Gasteiger partial charge in [-0.3, -0.25) is 4.90 Å². The van der Waals surface area contributed by atoms with Gasteiger partial charge < -0.3 is 15.2 Å². The molecule has 1 aliphatic carbocycles. The molecule has 2 atom stereocenters. The zero-order chi connectivity index (χ0) is 20.5. The molecule has 2 N–H and O–H groups in total. The molecule has 2 fully saturated rings. The molecule has 1 saturated carbocycles. The molecule has 0 spiro atoms. The van der Waals surface area contributed by atoms with Crippen LogP contribution in [-0.4, -0.2) is 51.8 Å². The van der Waals surface area contributed by atoms with Crippen LogP contribution in [-0.2, 0) is 9.53 Å². The summed E-state index contributed by atoms with van der Waals surface area (Å²) in [6.45, 7) is 12.0. The predicted molar refractivity (Wildman–Crippen MR) is 106 cm³/mol. The maximum atomic E-state index is 12.6. The number of hydrogen-bond donors (Lipinski definition) is 2. The highest BCUT2D eigenvalue weighted by atomic mass is 16.6. The topological polar surface area (TPSA) is 78.9 Å². The number of carboxylic acids is 1. The quantitative estimate of drug-likeness (QED) is 0.746. The molecular weight excluding hydrogens is 344 g/mol. The average molecular weight is 383 g/mol. The van der Waals surface area contributed by atoms with Gasteiger partial charge in [-0.1, -0.05) is 26.7 Å². The maximum Gasteiger partial charge on any atom is 0.411 e. The number of nitrogens with one attached hydrogen (secondary N) is 1. The number of likely N-dealkylation sites (tertiary alicyclic amines) is 1. The number of carbonyl (C=O) groups is 2. The predicted octanol–water partition coefficient (Wildman–Crippen LogP) is 4.18. The van der Waals surface area contributed by atoms with Gasteiger partial charge in [-0.05, 0) is 65.2 Å². The minimum Gasteiger partial charge on any atom is -0.480 e. The maximum absolute atomic E-state index is 12.6. The minimum absolute atomic E-state index is 0.0145. The Labute approximate surface area is 164 Å². The number of amides is 1. The molecule has 0 unspecified atom stereocenters. The highest BCUT2D eigenvalue weighted by Gasteiger charge is 2.51. The fourth-order valence-electron chi connectivity index (χ4n) is 4.67. The number of hydrogen-bond acceptors (Lipinski definition) is 4. The van der Waals surface area contributed by atoms with E-state index in [0.29, 0.717) is 24.4 Å². The van der Waals surface area contributed by atoms with E-state index in [1.54, 1.807) is 27.7 Å². The van der Waals surface area contributed by atoms with Gasteiger partial charge in [0.1, 0.15) is 11.1 Å². The van der Waals surface area contributed by atoms with Crippen LogP contribution < -0.4 is 5.32 Å². The Kier molecular flexibility index (Phi) is 6.50. The van der Waals surface area contributed by atoms with Gasteiger partial charge in [-0.2, -0.15) is 0 Å². The van der Waals surface area contributed by atoms with Crippen molar-refractivity contribution < 1.29 is 19.4 Å². The molecule has 1 heterocycles. The number of carbonyl (C=O) groups excluding carboxylic acids is 1. The molecule has 156 valence electrons. The molecule has 6 nitrogen and oxygen atoms in total. The summed E-state index contributed by atoms with van der Waals surface area (Å²) in [5, 5.41) is 13.4. The van der Waals surface area contributed by atoms with Crippen LogP contribution >= 0.6 is 0 Å². The third kappa shape index (κ3) is 4.95. The molecule has 6 heteroatoms. The van der Waals surface area contributed by atoms with Crippen molar-refractivity contribution in [2.45, 2.75) is 110 Å². The molecule has 0 aromatic heterocycles. The van der Waals surface area contributed by atoms with E-state index in [-0.39, 0.29) is 6.04 Å². The van der Waals surface area contributed by atoms with Crippen molar-refractivity contribution in [3.63, 3.8) is 0 Å². The van der Waals surface area contributed by atoms with Crippen LogP contribution in [0.25, 0.3) is 0 Å². The summed E-state index contributed by atoms with van der Waals surface area (Å²) in [6.07, 6.45) is 6.99. The van der Waals surface area contributed by atoms with E-state index in [0.717, 1.165) is 12.8 Å². The van der Waals surface area contributed by atoms with Crippen LogP contribution in [0.15, 0.2) is 0 Å². The number of ether oxygens (including phenoxy) is 1. The van der Waals surface area contributed by atoms with E-state index in [9.17, 15) is 14.7 Å². The summed E-state index contributed by atoms with van der Waals surface area (Å²) in [7, 11) is 0. The summed E-state index contributed by atoms with van der Waals surface area (Å²) < 4.78 is 5.46. The van der Waals surface area contributed by atoms with Crippen LogP contribution in [0.2, 0.25) is 0 Å². The Balaban J connectivity index is 2.02. The molecule has 1 saturated heterocycles. The lowest BCUT2D eigenvalue weighted by atomic mass is 9.69.